The summed E-state index contributed by atoms with van der Waals surface area (Å²) in [7, 11) is -1.54. The third-order valence-electron chi connectivity index (χ3n) is 4.43. The topological polar surface area (TPSA) is 69.4 Å². The molecular weight excluding hydrogens is 382 g/mol. The molecule has 0 aliphatic carbocycles. The summed E-state index contributed by atoms with van der Waals surface area (Å²) in [4.78, 5) is 0.313. The van der Waals surface area contributed by atoms with Crippen LogP contribution < -0.4 is 10.5 Å². The average molecular weight is 406 g/mol. The molecule has 0 spiro atoms. The van der Waals surface area contributed by atoms with Gasteiger partial charge in [0.05, 0.1) is 12.0 Å². The van der Waals surface area contributed by atoms with Gasteiger partial charge in [-0.05, 0) is 47.0 Å². The Bertz CT molecular complexity index is 1140. The Kier molecular flexibility index (Phi) is 6.20. The van der Waals surface area contributed by atoms with Crippen LogP contribution in [0, 0.1) is 0 Å². The lowest BCUT2D eigenvalue weighted by molar-refractivity contribution is 0.414. The molecule has 0 saturated carbocycles. The average Bonchev–Trinajstić information content (AvgIpc) is 2.71. The largest absolute Gasteiger partial charge is 0.496 e. The van der Waals surface area contributed by atoms with Gasteiger partial charge in [-0.3, -0.25) is 0 Å². The molecule has 0 aliphatic rings. The van der Waals surface area contributed by atoms with E-state index < -0.39 is 9.84 Å². The second kappa shape index (κ2) is 8.80. The van der Waals surface area contributed by atoms with Gasteiger partial charge >= 0.3 is 0 Å². The van der Waals surface area contributed by atoms with E-state index in [4.69, 9.17) is 10.5 Å². The number of nitrogen functional groups attached to an aromatic ring is 1. The molecule has 0 saturated heterocycles. The van der Waals surface area contributed by atoms with Gasteiger partial charge in [0.1, 0.15) is 5.75 Å². The fraction of sp³-hybridized carbons (Fsp3) is 0.0833. The molecule has 0 radical (unpaired) electrons. The molecule has 0 fully saturated rings. The van der Waals surface area contributed by atoms with Crippen molar-refractivity contribution in [3.05, 3.63) is 89.0 Å². The van der Waals surface area contributed by atoms with E-state index >= 15 is 0 Å². The lowest BCUT2D eigenvalue weighted by atomic mass is 10.1. The maximum atomic E-state index is 11.5. The highest BCUT2D eigenvalue weighted by atomic mass is 32.2. The van der Waals surface area contributed by atoms with Crippen LogP contribution in [0.25, 0.3) is 24.3 Å². The summed E-state index contributed by atoms with van der Waals surface area (Å²) < 4.78 is 28.6. The molecule has 0 unspecified atom stereocenters. The quantitative estimate of drug-likeness (QED) is 0.462. The predicted octanol–water partition coefficient (Wildman–Crippen LogP) is 5.02. The summed E-state index contributed by atoms with van der Waals surface area (Å²) >= 11 is 0. The van der Waals surface area contributed by atoms with Crippen LogP contribution in [0.1, 0.15) is 22.3 Å². The lowest BCUT2D eigenvalue weighted by Gasteiger charge is -2.06. The molecule has 0 aromatic heterocycles. The van der Waals surface area contributed by atoms with Crippen molar-refractivity contribution in [2.24, 2.45) is 0 Å². The molecule has 2 N–H and O–H groups in total. The van der Waals surface area contributed by atoms with Gasteiger partial charge in [-0.15, -0.1) is 0 Å². The molecule has 29 heavy (non-hydrogen) atoms. The zero-order valence-electron chi connectivity index (χ0n) is 16.4. The molecule has 0 atom stereocenters. The number of methoxy groups -OCH3 is 1. The third-order valence-corrected chi connectivity index (χ3v) is 5.55. The molecule has 3 rings (SSSR count). The van der Waals surface area contributed by atoms with E-state index in [0.29, 0.717) is 4.90 Å². The first-order valence-electron chi connectivity index (χ1n) is 9.05. The second-order valence-corrected chi connectivity index (χ2v) is 8.69. The third kappa shape index (κ3) is 5.59. The van der Waals surface area contributed by atoms with Crippen LogP contribution in [-0.2, 0) is 9.84 Å². The van der Waals surface area contributed by atoms with Crippen LogP contribution in [0.15, 0.2) is 71.6 Å². The number of hydrogen-bond acceptors (Lipinski definition) is 4. The Morgan fingerprint density at radius 3 is 1.86 bits per heavy atom. The fourth-order valence-electron chi connectivity index (χ4n) is 2.78. The van der Waals surface area contributed by atoms with Gasteiger partial charge in [-0.2, -0.15) is 0 Å². The van der Waals surface area contributed by atoms with Gasteiger partial charge in [0, 0.05) is 17.5 Å². The highest BCUT2D eigenvalue weighted by Crippen LogP contribution is 2.24. The highest BCUT2D eigenvalue weighted by molar-refractivity contribution is 7.90. The summed E-state index contributed by atoms with van der Waals surface area (Å²) in [6.07, 6.45) is 9.11. The van der Waals surface area contributed by atoms with Gasteiger partial charge in [0.15, 0.2) is 9.84 Å². The Balaban J connectivity index is 1.77. The molecule has 148 valence electrons. The smallest absolute Gasteiger partial charge is 0.175 e. The molecule has 3 aromatic rings. The number of nitrogens with two attached hydrogens (primary N) is 1. The van der Waals surface area contributed by atoms with Gasteiger partial charge < -0.3 is 10.5 Å². The van der Waals surface area contributed by atoms with Crippen LogP contribution >= 0.6 is 0 Å². The van der Waals surface area contributed by atoms with E-state index in [-0.39, 0.29) is 0 Å². The first-order chi connectivity index (χ1) is 13.8. The standard InChI is InChI=1S/C24H23NO3S/c1-28-24-17-20(4-3-18-9-15-23(16-10-18)29(2,26)27)6-12-21(24)11-5-19-7-13-22(25)14-8-19/h3-17H,25H2,1-2H3/b4-3+,11-5+. The zero-order valence-corrected chi connectivity index (χ0v) is 17.2. The van der Waals surface area contributed by atoms with E-state index in [9.17, 15) is 8.42 Å². The van der Waals surface area contributed by atoms with Crippen molar-refractivity contribution in [1.82, 2.24) is 0 Å². The van der Waals surface area contributed by atoms with Crippen molar-refractivity contribution < 1.29 is 13.2 Å². The van der Waals surface area contributed by atoms with E-state index in [1.54, 1.807) is 31.4 Å². The SMILES string of the molecule is COc1cc(/C=C/c2ccc(S(C)(=O)=O)cc2)ccc1/C=C/c1ccc(N)cc1. The van der Waals surface area contributed by atoms with Crippen molar-refractivity contribution in [1.29, 1.82) is 0 Å². The molecule has 4 nitrogen and oxygen atoms in total. The Morgan fingerprint density at radius 2 is 1.28 bits per heavy atom. The minimum atomic E-state index is -3.18. The zero-order chi connectivity index (χ0) is 20.9. The molecule has 0 heterocycles. The van der Waals surface area contributed by atoms with E-state index in [1.165, 1.54) is 6.26 Å². The molecule has 3 aromatic carbocycles. The number of hydrogen-bond donors (Lipinski definition) is 1. The minimum Gasteiger partial charge on any atom is -0.496 e. The van der Waals surface area contributed by atoms with Crippen LogP contribution in [0.4, 0.5) is 5.69 Å². The summed E-state index contributed by atoms with van der Waals surface area (Å²) in [5, 5.41) is 0. The molecule has 0 aliphatic heterocycles. The molecule has 5 heteroatoms. The summed E-state index contributed by atoms with van der Waals surface area (Å²) in [5.74, 6) is 0.770. The van der Waals surface area contributed by atoms with Crippen molar-refractivity contribution in [3.63, 3.8) is 0 Å². The van der Waals surface area contributed by atoms with Crippen LogP contribution in [0.5, 0.6) is 5.75 Å². The van der Waals surface area contributed by atoms with Gasteiger partial charge in [0.2, 0.25) is 0 Å². The van der Waals surface area contributed by atoms with Crippen molar-refractivity contribution >= 4 is 39.8 Å². The first-order valence-corrected chi connectivity index (χ1v) is 10.9. The van der Waals surface area contributed by atoms with Gasteiger partial charge in [-0.25, -0.2) is 8.42 Å². The predicted molar refractivity (Wildman–Crippen MR) is 121 cm³/mol. The van der Waals surface area contributed by atoms with Gasteiger partial charge in [-0.1, -0.05) is 60.7 Å². The number of rotatable bonds is 6. The maximum Gasteiger partial charge on any atom is 0.175 e. The van der Waals surface area contributed by atoms with Crippen LogP contribution in [0.2, 0.25) is 0 Å². The fourth-order valence-corrected chi connectivity index (χ4v) is 3.41. The van der Waals surface area contributed by atoms with E-state index in [2.05, 4.69) is 0 Å². The van der Waals surface area contributed by atoms with Crippen molar-refractivity contribution in [2.75, 3.05) is 19.1 Å². The van der Waals surface area contributed by atoms with Crippen LogP contribution in [0.3, 0.4) is 0 Å². The number of anilines is 1. The molecular formula is C24H23NO3S. The first kappa shape index (κ1) is 20.4. The van der Waals surface area contributed by atoms with Crippen LogP contribution in [-0.4, -0.2) is 21.8 Å². The summed E-state index contributed by atoms with van der Waals surface area (Å²) in [6, 6.07) is 20.4. The van der Waals surface area contributed by atoms with Crippen molar-refractivity contribution in [2.45, 2.75) is 4.90 Å². The van der Waals surface area contributed by atoms with E-state index in [0.717, 1.165) is 33.7 Å². The van der Waals surface area contributed by atoms with Gasteiger partial charge in [0.25, 0.3) is 0 Å². The normalized spacial score (nSPS) is 11.9. The highest BCUT2D eigenvalue weighted by Gasteiger charge is 2.05. The molecule has 0 amide bonds. The number of ether oxygens (including phenoxy) is 1. The Labute approximate surface area is 171 Å². The second-order valence-electron chi connectivity index (χ2n) is 6.68. The monoisotopic (exact) mass is 405 g/mol. The lowest BCUT2D eigenvalue weighted by Crippen LogP contribution is -1.95. The minimum absolute atomic E-state index is 0.313. The Hall–Kier alpha value is -3.31. The van der Waals surface area contributed by atoms with E-state index in [1.807, 2.05) is 66.8 Å². The number of sulfone groups is 1. The Morgan fingerprint density at radius 1 is 0.759 bits per heavy atom. The summed E-state index contributed by atoms with van der Waals surface area (Å²) in [5.41, 5.74) is 10.4. The molecule has 0 bridgehead atoms. The summed E-state index contributed by atoms with van der Waals surface area (Å²) in [6.45, 7) is 0. The number of benzene rings is 3. The maximum absolute atomic E-state index is 11.5. The van der Waals surface area contributed by atoms with Crippen molar-refractivity contribution in [3.8, 4) is 5.75 Å².